The smallest absolute Gasteiger partial charge is 0.333 e. The molecule has 20 heavy (non-hydrogen) atoms. The van der Waals surface area contributed by atoms with Crippen molar-refractivity contribution in [1.29, 1.82) is 0 Å². The summed E-state index contributed by atoms with van der Waals surface area (Å²) in [4.78, 5) is 11.2. The SMILES string of the molecule is COC(=O)/C(C)=C/C=C/CC(C)CCCC(C)(C)OC. The van der Waals surface area contributed by atoms with Gasteiger partial charge in [0.15, 0.2) is 0 Å². The first kappa shape index (κ1) is 18.9. The molecular formula is C17H30O3. The Bertz CT molecular complexity index is 340. The zero-order chi connectivity index (χ0) is 15.6. The monoisotopic (exact) mass is 282 g/mol. The van der Waals surface area contributed by atoms with Gasteiger partial charge < -0.3 is 9.47 Å². The summed E-state index contributed by atoms with van der Waals surface area (Å²) < 4.78 is 10.0. The highest BCUT2D eigenvalue weighted by Gasteiger charge is 2.15. The summed E-state index contributed by atoms with van der Waals surface area (Å²) in [7, 11) is 3.16. The second kappa shape index (κ2) is 9.76. The Morgan fingerprint density at radius 1 is 1.30 bits per heavy atom. The van der Waals surface area contributed by atoms with Crippen LogP contribution >= 0.6 is 0 Å². The maximum absolute atomic E-state index is 11.2. The van der Waals surface area contributed by atoms with Gasteiger partial charge in [-0.25, -0.2) is 4.79 Å². The molecule has 0 rings (SSSR count). The fraction of sp³-hybridized carbons (Fsp3) is 0.706. The second-order valence-corrected chi connectivity index (χ2v) is 5.97. The number of carbonyl (C=O) groups excluding carboxylic acids is 1. The summed E-state index contributed by atoms with van der Waals surface area (Å²) in [5.74, 6) is 0.371. The maximum atomic E-state index is 11.2. The highest BCUT2D eigenvalue weighted by atomic mass is 16.5. The van der Waals surface area contributed by atoms with Crippen molar-refractivity contribution in [1.82, 2.24) is 0 Å². The van der Waals surface area contributed by atoms with Crippen molar-refractivity contribution in [3.05, 3.63) is 23.8 Å². The minimum Gasteiger partial charge on any atom is -0.466 e. The standard InChI is InChI=1S/C17H30O3/c1-14(11-9-13-17(3,4)20-6)10-7-8-12-15(2)16(18)19-5/h7-8,12,14H,9-11,13H2,1-6H3/b8-7+,15-12+. The van der Waals surface area contributed by atoms with Crippen molar-refractivity contribution in [2.75, 3.05) is 14.2 Å². The van der Waals surface area contributed by atoms with E-state index in [1.54, 1.807) is 20.1 Å². The van der Waals surface area contributed by atoms with E-state index in [0.29, 0.717) is 11.5 Å². The lowest BCUT2D eigenvalue weighted by Gasteiger charge is -2.23. The van der Waals surface area contributed by atoms with E-state index in [2.05, 4.69) is 31.6 Å². The van der Waals surface area contributed by atoms with Crippen LogP contribution in [0.3, 0.4) is 0 Å². The Morgan fingerprint density at radius 3 is 2.50 bits per heavy atom. The molecule has 3 heteroatoms. The van der Waals surface area contributed by atoms with Gasteiger partial charge >= 0.3 is 5.97 Å². The van der Waals surface area contributed by atoms with E-state index in [1.165, 1.54) is 20.0 Å². The lowest BCUT2D eigenvalue weighted by atomic mass is 9.95. The number of hydrogen-bond acceptors (Lipinski definition) is 3. The number of esters is 1. The highest BCUT2D eigenvalue weighted by molar-refractivity contribution is 5.87. The minimum atomic E-state index is -0.274. The molecule has 1 unspecified atom stereocenters. The molecule has 0 N–H and O–H groups in total. The number of methoxy groups -OCH3 is 2. The largest absolute Gasteiger partial charge is 0.466 e. The molecule has 0 aliphatic heterocycles. The van der Waals surface area contributed by atoms with Crippen LogP contribution in [-0.4, -0.2) is 25.8 Å². The first-order valence-corrected chi connectivity index (χ1v) is 7.29. The molecular weight excluding hydrogens is 252 g/mol. The summed E-state index contributed by atoms with van der Waals surface area (Å²) in [5.41, 5.74) is 0.605. The van der Waals surface area contributed by atoms with Crippen molar-refractivity contribution in [2.45, 2.75) is 59.0 Å². The minimum absolute atomic E-state index is 0.0179. The van der Waals surface area contributed by atoms with E-state index in [-0.39, 0.29) is 11.6 Å². The van der Waals surface area contributed by atoms with Crippen LogP contribution in [0, 0.1) is 5.92 Å². The molecule has 1 atom stereocenters. The number of ether oxygens (including phenoxy) is 2. The lowest BCUT2D eigenvalue weighted by molar-refractivity contribution is -0.136. The Balaban J connectivity index is 3.94. The molecule has 116 valence electrons. The molecule has 3 nitrogen and oxygen atoms in total. The summed E-state index contributed by atoms with van der Waals surface area (Å²) in [6.07, 6.45) is 10.3. The van der Waals surface area contributed by atoms with Crippen LogP contribution in [0.2, 0.25) is 0 Å². The van der Waals surface area contributed by atoms with E-state index >= 15 is 0 Å². The summed E-state index contributed by atoms with van der Waals surface area (Å²) >= 11 is 0. The molecule has 0 bridgehead atoms. The first-order chi connectivity index (χ1) is 9.32. The fourth-order valence-corrected chi connectivity index (χ4v) is 1.85. The van der Waals surface area contributed by atoms with E-state index in [1.807, 2.05) is 6.08 Å². The summed E-state index contributed by atoms with van der Waals surface area (Å²) in [6.45, 7) is 8.25. The van der Waals surface area contributed by atoms with Crippen LogP contribution in [0.4, 0.5) is 0 Å². The van der Waals surface area contributed by atoms with Crippen LogP contribution in [0.1, 0.15) is 53.4 Å². The predicted octanol–water partition coefficient (Wildman–Crippen LogP) is 4.28. The van der Waals surface area contributed by atoms with Gasteiger partial charge in [-0.2, -0.15) is 0 Å². The van der Waals surface area contributed by atoms with Gasteiger partial charge in [0, 0.05) is 12.7 Å². The molecule has 0 radical (unpaired) electrons. The molecule has 0 aliphatic rings. The van der Waals surface area contributed by atoms with E-state index in [0.717, 1.165) is 12.8 Å². The van der Waals surface area contributed by atoms with Gasteiger partial charge in [0.05, 0.1) is 12.7 Å². The molecule has 0 saturated heterocycles. The Labute approximate surface area is 124 Å². The number of rotatable bonds is 9. The topological polar surface area (TPSA) is 35.5 Å². The van der Waals surface area contributed by atoms with Gasteiger partial charge in [-0.1, -0.05) is 38.0 Å². The van der Waals surface area contributed by atoms with Crippen LogP contribution in [0.15, 0.2) is 23.8 Å². The third-order valence-electron chi connectivity index (χ3n) is 3.56. The Kier molecular flexibility index (Phi) is 9.23. The van der Waals surface area contributed by atoms with Gasteiger partial charge in [0.2, 0.25) is 0 Å². The summed E-state index contributed by atoms with van der Waals surface area (Å²) in [5, 5.41) is 0. The molecule has 0 saturated carbocycles. The van der Waals surface area contributed by atoms with Gasteiger partial charge in [0.25, 0.3) is 0 Å². The average molecular weight is 282 g/mol. The molecule has 0 aromatic rings. The second-order valence-electron chi connectivity index (χ2n) is 5.97. The molecule has 0 aromatic heterocycles. The third-order valence-corrected chi connectivity index (χ3v) is 3.56. The van der Waals surface area contributed by atoms with Crippen LogP contribution < -0.4 is 0 Å². The number of allylic oxidation sites excluding steroid dienone is 3. The lowest BCUT2D eigenvalue weighted by Crippen LogP contribution is -2.22. The van der Waals surface area contributed by atoms with E-state index in [4.69, 9.17) is 4.74 Å². The quantitative estimate of drug-likeness (QED) is 0.359. The van der Waals surface area contributed by atoms with Crippen molar-refractivity contribution >= 4 is 5.97 Å². The average Bonchev–Trinajstić information content (AvgIpc) is 2.42. The molecule has 0 aliphatic carbocycles. The first-order valence-electron chi connectivity index (χ1n) is 7.29. The van der Waals surface area contributed by atoms with Gasteiger partial charge in [0.1, 0.15) is 0 Å². The van der Waals surface area contributed by atoms with Crippen molar-refractivity contribution in [2.24, 2.45) is 5.92 Å². The van der Waals surface area contributed by atoms with Crippen LogP contribution in [-0.2, 0) is 14.3 Å². The van der Waals surface area contributed by atoms with Gasteiger partial charge in [-0.05, 0) is 39.5 Å². The molecule has 0 amide bonds. The van der Waals surface area contributed by atoms with Crippen molar-refractivity contribution in [3.8, 4) is 0 Å². The molecule has 0 heterocycles. The zero-order valence-electron chi connectivity index (χ0n) is 13.9. The maximum Gasteiger partial charge on any atom is 0.333 e. The Morgan fingerprint density at radius 2 is 1.95 bits per heavy atom. The molecule has 0 fully saturated rings. The van der Waals surface area contributed by atoms with E-state index in [9.17, 15) is 4.79 Å². The van der Waals surface area contributed by atoms with Crippen LogP contribution in [0.25, 0.3) is 0 Å². The normalized spacial score (nSPS) is 14.6. The molecule has 0 aromatic carbocycles. The fourth-order valence-electron chi connectivity index (χ4n) is 1.85. The predicted molar refractivity (Wildman–Crippen MR) is 83.6 cm³/mol. The summed E-state index contributed by atoms with van der Waals surface area (Å²) in [6, 6.07) is 0. The van der Waals surface area contributed by atoms with Gasteiger partial charge in [-0.3, -0.25) is 0 Å². The zero-order valence-corrected chi connectivity index (χ0v) is 13.9. The third kappa shape index (κ3) is 8.92. The number of hydrogen-bond donors (Lipinski definition) is 0. The Hall–Kier alpha value is -1.09. The highest BCUT2D eigenvalue weighted by Crippen LogP contribution is 2.20. The van der Waals surface area contributed by atoms with E-state index < -0.39 is 0 Å². The van der Waals surface area contributed by atoms with Gasteiger partial charge in [-0.15, -0.1) is 0 Å². The van der Waals surface area contributed by atoms with Crippen LogP contribution in [0.5, 0.6) is 0 Å². The van der Waals surface area contributed by atoms with Crippen molar-refractivity contribution in [3.63, 3.8) is 0 Å². The number of carbonyl (C=O) groups is 1. The van der Waals surface area contributed by atoms with Crippen molar-refractivity contribution < 1.29 is 14.3 Å². The molecule has 0 spiro atoms.